The lowest BCUT2D eigenvalue weighted by atomic mass is 10.1. The average molecular weight is 157 g/mol. The van der Waals surface area contributed by atoms with Crippen molar-refractivity contribution >= 4 is 18.0 Å². The van der Waals surface area contributed by atoms with Gasteiger partial charge in [-0.05, 0) is 19.8 Å². The van der Waals surface area contributed by atoms with E-state index in [9.17, 15) is 0 Å². The van der Waals surface area contributed by atoms with Gasteiger partial charge in [0, 0.05) is 11.5 Å². The first-order valence-electron chi connectivity index (χ1n) is 3.74. The van der Waals surface area contributed by atoms with E-state index in [-0.39, 0.29) is 4.87 Å². The molecule has 0 fully saturated rings. The third-order valence-corrected chi connectivity index (χ3v) is 3.23. The summed E-state index contributed by atoms with van der Waals surface area (Å²) in [6.07, 6.45) is 2.09. The molecule has 1 rings (SSSR count). The van der Waals surface area contributed by atoms with Crippen LogP contribution in [0.2, 0.25) is 0 Å². The van der Waals surface area contributed by atoms with E-state index < -0.39 is 0 Å². The van der Waals surface area contributed by atoms with Gasteiger partial charge >= 0.3 is 0 Å². The van der Waals surface area contributed by atoms with E-state index in [1.165, 1.54) is 0 Å². The van der Waals surface area contributed by atoms with Crippen molar-refractivity contribution in [1.29, 1.82) is 0 Å². The number of nitrogens with zero attached hydrogens (tertiary/aromatic N) is 1. The molecular formula is C8H15NS. The van der Waals surface area contributed by atoms with Gasteiger partial charge in [-0.15, -0.1) is 11.8 Å². The lowest BCUT2D eigenvalue weighted by molar-refractivity contribution is 0.705. The summed E-state index contributed by atoms with van der Waals surface area (Å²) in [6, 6.07) is 0. The standard InChI is InChI=1S/C8H15NS/c1-6(2)7-5-9-8(3,4)10-7/h5-7H,1-4H3/t7-/m1/s1. The Morgan fingerprint density at radius 1 is 1.50 bits per heavy atom. The van der Waals surface area contributed by atoms with Crippen LogP contribution < -0.4 is 0 Å². The van der Waals surface area contributed by atoms with Crippen molar-refractivity contribution in [3.05, 3.63) is 0 Å². The Morgan fingerprint density at radius 2 is 2.10 bits per heavy atom. The van der Waals surface area contributed by atoms with Crippen LogP contribution in [0, 0.1) is 5.92 Å². The first-order valence-corrected chi connectivity index (χ1v) is 4.62. The molecule has 0 bridgehead atoms. The fraction of sp³-hybridized carbons (Fsp3) is 0.875. The van der Waals surface area contributed by atoms with Gasteiger partial charge in [0.15, 0.2) is 0 Å². The molecule has 0 saturated carbocycles. The Morgan fingerprint density at radius 3 is 2.30 bits per heavy atom. The van der Waals surface area contributed by atoms with Crippen molar-refractivity contribution in [2.24, 2.45) is 10.9 Å². The van der Waals surface area contributed by atoms with Crippen molar-refractivity contribution in [2.75, 3.05) is 0 Å². The van der Waals surface area contributed by atoms with Gasteiger partial charge in [-0.3, -0.25) is 4.99 Å². The summed E-state index contributed by atoms with van der Waals surface area (Å²) < 4.78 is 0. The van der Waals surface area contributed by atoms with Crippen LogP contribution >= 0.6 is 11.8 Å². The zero-order valence-corrected chi connectivity index (χ0v) is 7.90. The van der Waals surface area contributed by atoms with Gasteiger partial charge in [0.2, 0.25) is 0 Å². The quantitative estimate of drug-likeness (QED) is 0.570. The van der Waals surface area contributed by atoms with E-state index in [1.54, 1.807) is 0 Å². The summed E-state index contributed by atoms with van der Waals surface area (Å²) >= 11 is 1.95. The predicted octanol–water partition coefficient (Wildman–Crippen LogP) is 2.56. The molecule has 10 heavy (non-hydrogen) atoms. The van der Waals surface area contributed by atoms with Gasteiger partial charge < -0.3 is 0 Å². The van der Waals surface area contributed by atoms with Crippen LogP contribution in [0.25, 0.3) is 0 Å². The molecule has 0 unspecified atom stereocenters. The Bertz CT molecular complexity index is 149. The molecule has 1 atom stereocenters. The van der Waals surface area contributed by atoms with Gasteiger partial charge in [0.25, 0.3) is 0 Å². The minimum Gasteiger partial charge on any atom is -0.279 e. The van der Waals surface area contributed by atoms with Crippen LogP contribution in [0.5, 0.6) is 0 Å². The number of hydrogen-bond acceptors (Lipinski definition) is 2. The lowest BCUT2D eigenvalue weighted by Gasteiger charge is -2.17. The molecule has 0 amide bonds. The third-order valence-electron chi connectivity index (χ3n) is 1.61. The minimum absolute atomic E-state index is 0.134. The van der Waals surface area contributed by atoms with E-state index in [0.717, 1.165) is 5.92 Å². The minimum atomic E-state index is 0.134. The molecule has 1 aliphatic heterocycles. The van der Waals surface area contributed by atoms with Gasteiger partial charge in [-0.25, -0.2) is 0 Å². The zero-order chi connectivity index (χ0) is 7.78. The van der Waals surface area contributed by atoms with Crippen molar-refractivity contribution < 1.29 is 0 Å². The largest absolute Gasteiger partial charge is 0.279 e. The molecule has 0 aromatic carbocycles. The second-order valence-electron chi connectivity index (χ2n) is 3.55. The number of aliphatic imine (C=N–C) groups is 1. The van der Waals surface area contributed by atoms with Crippen molar-refractivity contribution in [2.45, 2.75) is 37.8 Å². The normalized spacial score (nSPS) is 29.9. The van der Waals surface area contributed by atoms with Crippen LogP contribution in [-0.2, 0) is 0 Å². The molecule has 0 spiro atoms. The average Bonchev–Trinajstić information content (AvgIpc) is 2.10. The first-order chi connectivity index (χ1) is 4.51. The van der Waals surface area contributed by atoms with Crippen LogP contribution in [-0.4, -0.2) is 16.3 Å². The zero-order valence-electron chi connectivity index (χ0n) is 7.09. The highest BCUT2D eigenvalue weighted by atomic mass is 32.2. The van der Waals surface area contributed by atoms with E-state index >= 15 is 0 Å². The van der Waals surface area contributed by atoms with Crippen molar-refractivity contribution in [3.63, 3.8) is 0 Å². The molecule has 0 aliphatic carbocycles. The van der Waals surface area contributed by atoms with Crippen molar-refractivity contribution in [3.8, 4) is 0 Å². The third kappa shape index (κ3) is 1.75. The Balaban J connectivity index is 2.54. The van der Waals surface area contributed by atoms with Gasteiger partial charge in [-0.2, -0.15) is 0 Å². The smallest absolute Gasteiger partial charge is 0.100 e. The summed E-state index contributed by atoms with van der Waals surface area (Å²) in [5.74, 6) is 0.718. The molecule has 58 valence electrons. The van der Waals surface area contributed by atoms with Gasteiger partial charge in [0.05, 0.1) is 0 Å². The summed E-state index contributed by atoms with van der Waals surface area (Å²) in [7, 11) is 0. The highest BCUT2D eigenvalue weighted by Gasteiger charge is 2.28. The number of hydrogen-bond donors (Lipinski definition) is 0. The molecule has 0 N–H and O–H groups in total. The molecule has 0 aromatic rings. The molecule has 0 radical (unpaired) electrons. The van der Waals surface area contributed by atoms with E-state index in [4.69, 9.17) is 0 Å². The summed E-state index contributed by atoms with van der Waals surface area (Å²) in [4.78, 5) is 4.54. The summed E-state index contributed by atoms with van der Waals surface area (Å²) in [5.41, 5.74) is 0. The SMILES string of the molecule is CC(C)[C@H]1C=NC(C)(C)S1. The predicted molar refractivity (Wildman–Crippen MR) is 48.8 cm³/mol. The topological polar surface area (TPSA) is 12.4 Å². The molecule has 2 heteroatoms. The van der Waals surface area contributed by atoms with E-state index in [1.807, 2.05) is 11.8 Å². The molecular weight excluding hydrogens is 142 g/mol. The Labute approximate surface area is 67.3 Å². The fourth-order valence-electron chi connectivity index (χ4n) is 0.955. The highest BCUT2D eigenvalue weighted by Crippen LogP contribution is 2.37. The van der Waals surface area contributed by atoms with Gasteiger partial charge in [-0.1, -0.05) is 13.8 Å². The number of rotatable bonds is 1. The highest BCUT2D eigenvalue weighted by molar-refractivity contribution is 8.02. The molecule has 0 saturated heterocycles. The summed E-state index contributed by atoms with van der Waals surface area (Å²) in [5, 5.41) is 0.634. The Kier molecular flexibility index (Phi) is 2.09. The van der Waals surface area contributed by atoms with Gasteiger partial charge in [0.1, 0.15) is 4.87 Å². The first kappa shape index (κ1) is 8.12. The maximum absolute atomic E-state index is 4.41. The van der Waals surface area contributed by atoms with E-state index in [0.29, 0.717) is 5.25 Å². The Hall–Kier alpha value is 0.0200. The fourth-order valence-corrected chi connectivity index (χ4v) is 2.14. The van der Waals surface area contributed by atoms with Crippen LogP contribution in [0.1, 0.15) is 27.7 Å². The lowest BCUT2D eigenvalue weighted by Crippen LogP contribution is -2.13. The van der Waals surface area contributed by atoms with Crippen LogP contribution in [0.15, 0.2) is 4.99 Å². The van der Waals surface area contributed by atoms with Crippen molar-refractivity contribution in [1.82, 2.24) is 0 Å². The maximum atomic E-state index is 4.41. The second kappa shape index (κ2) is 2.57. The summed E-state index contributed by atoms with van der Waals surface area (Å²) in [6.45, 7) is 8.81. The second-order valence-corrected chi connectivity index (χ2v) is 5.33. The molecule has 1 heterocycles. The molecule has 0 aromatic heterocycles. The molecule has 1 nitrogen and oxygen atoms in total. The maximum Gasteiger partial charge on any atom is 0.100 e. The van der Waals surface area contributed by atoms with E-state index in [2.05, 4.69) is 38.9 Å². The molecule has 1 aliphatic rings. The monoisotopic (exact) mass is 157 g/mol. The van der Waals surface area contributed by atoms with Crippen LogP contribution in [0.3, 0.4) is 0 Å². The number of thioether (sulfide) groups is 1. The van der Waals surface area contributed by atoms with Crippen LogP contribution in [0.4, 0.5) is 0 Å².